The Morgan fingerprint density at radius 1 is 1.06 bits per heavy atom. The fourth-order valence-corrected chi connectivity index (χ4v) is 5.14. The summed E-state index contributed by atoms with van der Waals surface area (Å²) in [6, 6.07) is 7.29. The van der Waals surface area contributed by atoms with Crippen molar-refractivity contribution in [2.75, 3.05) is 50.8 Å². The van der Waals surface area contributed by atoms with Gasteiger partial charge in [-0.05, 0) is 49.8 Å². The number of hydrogen-bond donors (Lipinski definition) is 0. The molecule has 1 unspecified atom stereocenters. The lowest BCUT2D eigenvalue weighted by Gasteiger charge is -2.34. The molecule has 0 aromatic carbocycles. The van der Waals surface area contributed by atoms with Gasteiger partial charge in [0.1, 0.15) is 5.82 Å². The average Bonchev–Trinajstić information content (AvgIpc) is 3.28. The fourth-order valence-electron chi connectivity index (χ4n) is 4.45. The van der Waals surface area contributed by atoms with E-state index >= 15 is 0 Å². The number of carbonyl (C=O) groups is 3. The molecule has 4 heterocycles. The number of likely N-dealkylation sites (tertiary alicyclic amines) is 1. The molecule has 0 saturated carbocycles. The first kappa shape index (κ1) is 23.2. The summed E-state index contributed by atoms with van der Waals surface area (Å²) in [5, 5.41) is 1.90. The molecule has 4 rings (SSSR count). The zero-order chi connectivity index (χ0) is 23.2. The highest BCUT2D eigenvalue weighted by atomic mass is 32.1. The van der Waals surface area contributed by atoms with E-state index in [2.05, 4.69) is 9.88 Å². The lowest BCUT2D eigenvalue weighted by molar-refractivity contribution is -0.136. The summed E-state index contributed by atoms with van der Waals surface area (Å²) in [7, 11) is 0. The number of nitrogens with zero attached hydrogens (tertiary/aromatic N) is 4. The number of aromatic nitrogens is 1. The Kier molecular flexibility index (Phi) is 7.59. The Balaban J connectivity index is 1.34. The van der Waals surface area contributed by atoms with E-state index in [4.69, 9.17) is 4.74 Å². The van der Waals surface area contributed by atoms with Gasteiger partial charge in [-0.25, -0.2) is 9.78 Å². The SMILES string of the molecule is CCOC(=O)c1ccc(N2CCCN(C(=O)C3CCCN(C(=O)c4cccs4)C3)CC2)nc1. The molecule has 2 aliphatic rings. The Bertz CT molecular complexity index is 963. The number of esters is 1. The van der Waals surface area contributed by atoms with Crippen LogP contribution >= 0.6 is 11.3 Å². The molecular formula is C24H30N4O4S. The van der Waals surface area contributed by atoms with E-state index in [-0.39, 0.29) is 23.7 Å². The van der Waals surface area contributed by atoms with E-state index in [1.54, 1.807) is 19.2 Å². The number of amides is 2. The normalized spacial score (nSPS) is 19.2. The Morgan fingerprint density at radius 3 is 2.64 bits per heavy atom. The maximum atomic E-state index is 13.3. The Morgan fingerprint density at radius 2 is 1.91 bits per heavy atom. The molecule has 0 bridgehead atoms. The second-order valence-electron chi connectivity index (χ2n) is 8.36. The monoisotopic (exact) mass is 470 g/mol. The van der Waals surface area contributed by atoms with Crippen LogP contribution in [-0.2, 0) is 9.53 Å². The maximum Gasteiger partial charge on any atom is 0.339 e. The van der Waals surface area contributed by atoms with Crippen molar-refractivity contribution in [3.8, 4) is 0 Å². The van der Waals surface area contributed by atoms with Crippen LogP contribution in [0.2, 0.25) is 0 Å². The van der Waals surface area contributed by atoms with Crippen molar-refractivity contribution in [3.63, 3.8) is 0 Å². The molecule has 176 valence electrons. The van der Waals surface area contributed by atoms with E-state index in [1.165, 1.54) is 11.3 Å². The Hall–Kier alpha value is -2.94. The molecule has 2 aliphatic heterocycles. The van der Waals surface area contributed by atoms with Crippen LogP contribution in [0.25, 0.3) is 0 Å². The first-order valence-electron chi connectivity index (χ1n) is 11.6. The predicted octanol–water partition coefficient (Wildman–Crippen LogP) is 2.91. The van der Waals surface area contributed by atoms with E-state index in [0.717, 1.165) is 36.5 Å². The second-order valence-corrected chi connectivity index (χ2v) is 9.31. The summed E-state index contributed by atoms with van der Waals surface area (Å²) in [4.78, 5) is 49.0. The Labute approximate surface area is 198 Å². The number of ether oxygens (including phenoxy) is 1. The van der Waals surface area contributed by atoms with Crippen LogP contribution in [-0.4, -0.2) is 78.4 Å². The van der Waals surface area contributed by atoms with Crippen molar-refractivity contribution in [2.45, 2.75) is 26.2 Å². The molecule has 2 amide bonds. The quantitative estimate of drug-likeness (QED) is 0.625. The van der Waals surface area contributed by atoms with Gasteiger partial charge in [-0.3, -0.25) is 9.59 Å². The summed E-state index contributed by atoms with van der Waals surface area (Å²) in [5.74, 6) is 0.454. The van der Waals surface area contributed by atoms with Gasteiger partial charge in [0.05, 0.1) is 23.0 Å². The molecule has 8 nitrogen and oxygen atoms in total. The number of rotatable bonds is 5. The van der Waals surface area contributed by atoms with Gasteiger partial charge in [-0.1, -0.05) is 6.07 Å². The standard InChI is InChI=1S/C24H30N4O4S/c1-2-32-24(31)18-8-9-21(25-16-18)26-11-5-12-27(14-13-26)22(29)19-6-3-10-28(17-19)23(30)20-7-4-15-33-20/h4,7-9,15-16,19H,2-3,5-6,10-14,17H2,1H3. The first-order chi connectivity index (χ1) is 16.1. The zero-order valence-corrected chi connectivity index (χ0v) is 19.8. The molecule has 9 heteroatoms. The molecule has 2 aromatic rings. The van der Waals surface area contributed by atoms with Crippen LogP contribution < -0.4 is 4.90 Å². The number of anilines is 1. The molecule has 1 atom stereocenters. The summed E-state index contributed by atoms with van der Waals surface area (Å²) < 4.78 is 5.01. The molecule has 2 aromatic heterocycles. The molecule has 33 heavy (non-hydrogen) atoms. The lowest BCUT2D eigenvalue weighted by atomic mass is 9.96. The molecule has 0 N–H and O–H groups in total. The van der Waals surface area contributed by atoms with Crippen LogP contribution in [0.1, 0.15) is 46.2 Å². The summed E-state index contributed by atoms with van der Waals surface area (Å²) in [6.07, 6.45) is 4.06. The van der Waals surface area contributed by atoms with Crippen molar-refractivity contribution in [1.29, 1.82) is 0 Å². The highest BCUT2D eigenvalue weighted by Crippen LogP contribution is 2.23. The van der Waals surface area contributed by atoms with E-state index in [0.29, 0.717) is 44.9 Å². The molecule has 2 fully saturated rings. The smallest absolute Gasteiger partial charge is 0.339 e. The van der Waals surface area contributed by atoms with E-state index < -0.39 is 0 Å². The largest absolute Gasteiger partial charge is 0.462 e. The summed E-state index contributed by atoms with van der Waals surface area (Å²) in [6.45, 7) is 6.11. The second kappa shape index (κ2) is 10.8. The first-order valence-corrected chi connectivity index (χ1v) is 12.4. The van der Waals surface area contributed by atoms with Crippen molar-refractivity contribution in [3.05, 3.63) is 46.3 Å². The van der Waals surface area contributed by atoms with Crippen molar-refractivity contribution in [1.82, 2.24) is 14.8 Å². The van der Waals surface area contributed by atoms with Gasteiger partial charge in [-0.2, -0.15) is 0 Å². The van der Waals surface area contributed by atoms with Crippen LogP contribution in [0, 0.1) is 5.92 Å². The van der Waals surface area contributed by atoms with E-state index in [9.17, 15) is 14.4 Å². The summed E-state index contributed by atoms with van der Waals surface area (Å²) >= 11 is 1.44. The molecule has 2 saturated heterocycles. The minimum absolute atomic E-state index is 0.0295. The topological polar surface area (TPSA) is 83.0 Å². The van der Waals surface area contributed by atoms with Gasteiger partial charge >= 0.3 is 5.97 Å². The van der Waals surface area contributed by atoms with Gasteiger partial charge < -0.3 is 19.4 Å². The molecule has 0 aliphatic carbocycles. The third-order valence-corrected chi connectivity index (χ3v) is 7.04. The van der Waals surface area contributed by atoms with Crippen LogP contribution in [0.5, 0.6) is 0 Å². The van der Waals surface area contributed by atoms with Crippen LogP contribution in [0.4, 0.5) is 5.82 Å². The number of piperidine rings is 1. The maximum absolute atomic E-state index is 13.3. The molecular weight excluding hydrogens is 440 g/mol. The van der Waals surface area contributed by atoms with Crippen molar-refractivity contribution in [2.24, 2.45) is 5.92 Å². The van der Waals surface area contributed by atoms with Crippen LogP contribution in [0.3, 0.4) is 0 Å². The fraction of sp³-hybridized carbons (Fsp3) is 0.500. The molecule has 0 spiro atoms. The molecule has 0 radical (unpaired) electrons. The zero-order valence-electron chi connectivity index (χ0n) is 18.9. The number of carbonyl (C=O) groups excluding carboxylic acids is 3. The van der Waals surface area contributed by atoms with Crippen LogP contribution in [0.15, 0.2) is 35.8 Å². The van der Waals surface area contributed by atoms with Gasteiger partial charge in [0.15, 0.2) is 0 Å². The third kappa shape index (κ3) is 5.52. The lowest BCUT2D eigenvalue weighted by Crippen LogP contribution is -2.47. The number of thiophene rings is 1. The van der Waals surface area contributed by atoms with Gasteiger partial charge in [0.2, 0.25) is 5.91 Å². The van der Waals surface area contributed by atoms with Crippen molar-refractivity contribution < 1.29 is 19.1 Å². The number of hydrogen-bond acceptors (Lipinski definition) is 7. The van der Waals surface area contributed by atoms with Gasteiger partial charge in [0.25, 0.3) is 5.91 Å². The van der Waals surface area contributed by atoms with E-state index in [1.807, 2.05) is 33.4 Å². The highest BCUT2D eigenvalue weighted by Gasteiger charge is 2.32. The van der Waals surface area contributed by atoms with Crippen molar-refractivity contribution >= 4 is 34.9 Å². The highest BCUT2D eigenvalue weighted by molar-refractivity contribution is 7.12. The van der Waals surface area contributed by atoms with Gasteiger partial charge in [0, 0.05) is 45.5 Å². The average molecular weight is 471 g/mol. The minimum Gasteiger partial charge on any atom is -0.462 e. The predicted molar refractivity (Wildman–Crippen MR) is 127 cm³/mol. The van der Waals surface area contributed by atoms with Gasteiger partial charge in [-0.15, -0.1) is 11.3 Å². The third-order valence-electron chi connectivity index (χ3n) is 6.18. The number of pyridine rings is 1. The minimum atomic E-state index is -0.372. The summed E-state index contributed by atoms with van der Waals surface area (Å²) in [5.41, 5.74) is 0.436.